The number of quaternary nitrogens is 1. The van der Waals surface area contributed by atoms with E-state index in [1.54, 1.807) is 0 Å². The lowest BCUT2D eigenvalue weighted by atomic mass is 10.0. The van der Waals surface area contributed by atoms with Crippen molar-refractivity contribution < 1.29 is 42.1 Å². The first-order valence-corrected chi connectivity index (χ1v) is 26.2. The molecule has 0 fully saturated rings. The van der Waals surface area contributed by atoms with Gasteiger partial charge in [-0.2, -0.15) is 0 Å². The quantitative estimate of drug-likeness (QED) is 0.0196. The smallest absolute Gasteiger partial charge is 0.306 e. The zero-order valence-electron chi connectivity index (χ0n) is 39.7. The number of unbranched alkanes of at least 4 members (excludes halogenated alkanes) is 25. The van der Waals surface area contributed by atoms with Gasteiger partial charge >= 0.3 is 11.9 Å². The van der Waals surface area contributed by atoms with Crippen LogP contribution in [-0.4, -0.2) is 70.0 Å². The summed E-state index contributed by atoms with van der Waals surface area (Å²) in [5.74, 6) is -0.871. The predicted molar refractivity (Wildman–Crippen MR) is 250 cm³/mol. The van der Waals surface area contributed by atoms with Gasteiger partial charge in [-0.1, -0.05) is 192 Å². The second-order valence-electron chi connectivity index (χ2n) is 17.8. The minimum atomic E-state index is -4.63. The average Bonchev–Trinajstić information content (AvgIpc) is 3.20. The molecule has 0 aliphatic heterocycles. The van der Waals surface area contributed by atoms with Crippen LogP contribution < -0.4 is 4.89 Å². The van der Waals surface area contributed by atoms with Gasteiger partial charge in [-0.25, -0.2) is 0 Å². The number of likely N-dealkylation sites (N-methyl/N-ethyl adjacent to an activating group) is 1. The highest BCUT2D eigenvalue weighted by atomic mass is 31.2. The van der Waals surface area contributed by atoms with Gasteiger partial charge in [0.1, 0.15) is 19.8 Å². The molecule has 0 rings (SSSR count). The lowest BCUT2D eigenvalue weighted by Gasteiger charge is -2.28. The van der Waals surface area contributed by atoms with E-state index < -0.39 is 32.5 Å². The van der Waals surface area contributed by atoms with E-state index in [0.29, 0.717) is 23.9 Å². The fourth-order valence-corrected chi connectivity index (χ4v) is 7.51. The highest BCUT2D eigenvalue weighted by Gasteiger charge is 2.21. The van der Waals surface area contributed by atoms with Gasteiger partial charge in [0.15, 0.2) is 6.10 Å². The van der Waals surface area contributed by atoms with Crippen LogP contribution in [0.25, 0.3) is 0 Å². The normalized spacial score (nSPS) is 13.8. The summed E-state index contributed by atoms with van der Waals surface area (Å²) in [6.45, 7) is 4.18. The van der Waals surface area contributed by atoms with Gasteiger partial charge in [-0.15, -0.1) is 0 Å². The number of esters is 2. The first kappa shape index (κ1) is 58.2. The van der Waals surface area contributed by atoms with E-state index in [1.807, 2.05) is 21.1 Å². The van der Waals surface area contributed by atoms with Crippen LogP contribution in [0.4, 0.5) is 0 Å². The van der Waals surface area contributed by atoms with E-state index in [-0.39, 0.29) is 26.1 Å². The average molecular weight is 868 g/mol. The summed E-state index contributed by atoms with van der Waals surface area (Å²) in [6.07, 6.45) is 48.9. The summed E-state index contributed by atoms with van der Waals surface area (Å²) in [4.78, 5) is 37.6. The Bertz CT molecular complexity index is 1120. The highest BCUT2D eigenvalue weighted by molar-refractivity contribution is 7.45. The second kappa shape index (κ2) is 42.5. The van der Waals surface area contributed by atoms with Crippen molar-refractivity contribution in [1.82, 2.24) is 0 Å². The van der Waals surface area contributed by atoms with Crippen molar-refractivity contribution in [3.05, 3.63) is 36.5 Å². The molecule has 0 aromatic carbocycles. The van der Waals surface area contributed by atoms with E-state index in [2.05, 4.69) is 50.3 Å². The van der Waals surface area contributed by atoms with Crippen LogP contribution in [0.2, 0.25) is 0 Å². The zero-order valence-corrected chi connectivity index (χ0v) is 40.6. The van der Waals surface area contributed by atoms with Crippen molar-refractivity contribution in [2.45, 2.75) is 225 Å². The second-order valence-corrected chi connectivity index (χ2v) is 19.2. The third kappa shape index (κ3) is 45.7. The third-order valence-electron chi connectivity index (χ3n) is 10.7. The maximum absolute atomic E-state index is 12.7. The molecule has 0 heterocycles. The standard InChI is InChI=1S/C50H94NO8P/c1-6-8-10-12-14-16-18-20-22-23-24-25-26-27-29-31-33-35-37-39-41-43-50(53)59-48(47-58-60(54,55)57-45-44-51(3,4)5)46-56-49(52)42-40-38-36-34-32-30-28-21-19-17-15-13-11-9-7-2/h15,17,21,28,32,34,48H,6-14,16,18-20,22-27,29-31,33,35-47H2,1-5H3/b17-15-,28-21-,34-32-/t48-/m1/s1. The lowest BCUT2D eigenvalue weighted by Crippen LogP contribution is -2.37. The largest absolute Gasteiger partial charge is 0.756 e. The minimum Gasteiger partial charge on any atom is -0.756 e. The number of hydrogen-bond donors (Lipinski definition) is 0. The monoisotopic (exact) mass is 868 g/mol. The topological polar surface area (TPSA) is 111 Å². The Hall–Kier alpha value is -1.77. The van der Waals surface area contributed by atoms with Gasteiger partial charge in [0.25, 0.3) is 7.82 Å². The van der Waals surface area contributed by atoms with Crippen LogP contribution in [0, 0.1) is 0 Å². The molecule has 352 valence electrons. The molecule has 60 heavy (non-hydrogen) atoms. The fraction of sp³-hybridized carbons (Fsp3) is 0.840. The van der Waals surface area contributed by atoms with Crippen LogP contribution >= 0.6 is 7.82 Å². The Morgan fingerprint density at radius 3 is 1.37 bits per heavy atom. The minimum absolute atomic E-state index is 0.0358. The molecule has 0 spiro atoms. The number of phosphoric ester groups is 1. The van der Waals surface area contributed by atoms with Gasteiger partial charge in [0.05, 0.1) is 27.7 Å². The molecule has 10 heteroatoms. The van der Waals surface area contributed by atoms with E-state index in [4.69, 9.17) is 18.5 Å². The molecule has 0 aliphatic rings. The Morgan fingerprint density at radius 2 is 0.900 bits per heavy atom. The number of phosphoric acid groups is 1. The van der Waals surface area contributed by atoms with E-state index in [0.717, 1.165) is 51.4 Å². The number of hydrogen-bond acceptors (Lipinski definition) is 8. The fourth-order valence-electron chi connectivity index (χ4n) is 6.78. The summed E-state index contributed by atoms with van der Waals surface area (Å²) < 4.78 is 34.0. The molecular formula is C50H94NO8P. The van der Waals surface area contributed by atoms with Crippen molar-refractivity contribution in [2.75, 3.05) is 47.5 Å². The number of nitrogens with zero attached hydrogens (tertiary/aromatic N) is 1. The first-order chi connectivity index (χ1) is 29.0. The van der Waals surface area contributed by atoms with Gasteiger partial charge in [-0.05, 0) is 51.4 Å². The first-order valence-electron chi connectivity index (χ1n) is 24.7. The summed E-state index contributed by atoms with van der Waals surface area (Å²) in [6, 6.07) is 0. The van der Waals surface area contributed by atoms with Crippen molar-refractivity contribution in [2.24, 2.45) is 0 Å². The van der Waals surface area contributed by atoms with Crippen LogP contribution in [-0.2, 0) is 32.7 Å². The van der Waals surface area contributed by atoms with Gasteiger partial charge in [-0.3, -0.25) is 14.2 Å². The lowest BCUT2D eigenvalue weighted by molar-refractivity contribution is -0.870. The van der Waals surface area contributed by atoms with Crippen LogP contribution in [0.5, 0.6) is 0 Å². The van der Waals surface area contributed by atoms with Crippen LogP contribution in [0.3, 0.4) is 0 Å². The number of carbonyl (C=O) groups excluding carboxylic acids is 2. The summed E-state index contributed by atoms with van der Waals surface area (Å²) in [5.41, 5.74) is 0. The molecule has 0 saturated heterocycles. The van der Waals surface area contributed by atoms with Crippen molar-refractivity contribution in [3.63, 3.8) is 0 Å². The molecule has 0 saturated carbocycles. The Balaban J connectivity index is 4.28. The Morgan fingerprint density at radius 1 is 0.517 bits per heavy atom. The van der Waals surface area contributed by atoms with Crippen molar-refractivity contribution in [3.8, 4) is 0 Å². The van der Waals surface area contributed by atoms with E-state index in [1.165, 1.54) is 128 Å². The molecule has 0 bridgehead atoms. The molecule has 0 aromatic heterocycles. The van der Waals surface area contributed by atoms with Gasteiger partial charge in [0, 0.05) is 12.8 Å². The van der Waals surface area contributed by atoms with Crippen molar-refractivity contribution in [1.29, 1.82) is 0 Å². The Kier molecular flexibility index (Phi) is 41.3. The molecule has 0 aromatic rings. The number of allylic oxidation sites excluding steroid dienone is 6. The molecule has 2 atom stereocenters. The number of ether oxygens (including phenoxy) is 2. The number of rotatable bonds is 45. The summed E-state index contributed by atoms with van der Waals surface area (Å²) in [7, 11) is 1.15. The third-order valence-corrected chi connectivity index (χ3v) is 11.6. The van der Waals surface area contributed by atoms with E-state index >= 15 is 0 Å². The van der Waals surface area contributed by atoms with Crippen LogP contribution in [0.15, 0.2) is 36.5 Å². The molecule has 0 N–H and O–H groups in total. The number of carbonyl (C=O) groups is 2. The SMILES string of the molecule is CCCCC/C=C\C/C=C\C/C=C\CCCCC(=O)OC[C@H](COP(=O)([O-])OCC[N+](C)(C)C)OC(=O)CCCCCCCCCCCCCCCCCCCCCCC. The molecule has 0 radical (unpaired) electrons. The molecular weight excluding hydrogens is 774 g/mol. The molecule has 1 unspecified atom stereocenters. The molecule has 0 amide bonds. The zero-order chi connectivity index (χ0) is 44.3. The van der Waals surface area contributed by atoms with Crippen LogP contribution in [0.1, 0.15) is 219 Å². The maximum Gasteiger partial charge on any atom is 0.306 e. The van der Waals surface area contributed by atoms with Crippen molar-refractivity contribution >= 4 is 19.8 Å². The van der Waals surface area contributed by atoms with E-state index in [9.17, 15) is 19.0 Å². The summed E-state index contributed by atoms with van der Waals surface area (Å²) in [5, 5.41) is 0. The maximum atomic E-state index is 12.7. The van der Waals surface area contributed by atoms with Gasteiger partial charge in [0.2, 0.25) is 0 Å². The molecule has 9 nitrogen and oxygen atoms in total. The predicted octanol–water partition coefficient (Wildman–Crippen LogP) is 13.8. The van der Waals surface area contributed by atoms with Gasteiger partial charge < -0.3 is 27.9 Å². The molecule has 0 aliphatic carbocycles. The Labute approximate surface area is 370 Å². The highest BCUT2D eigenvalue weighted by Crippen LogP contribution is 2.38. The summed E-state index contributed by atoms with van der Waals surface area (Å²) >= 11 is 0.